The standard InChI is InChI=1S/C11H20N2O2S/c1-8(6-10(12)16)13-11(14)7-9-4-2-3-5-15-9/h8-9H,2-7H2,1H3,(H2,12,16)(H,13,14). The average molecular weight is 244 g/mol. The molecule has 2 unspecified atom stereocenters. The summed E-state index contributed by atoms with van der Waals surface area (Å²) in [5, 5.41) is 2.87. The molecule has 1 amide bonds. The molecule has 3 N–H and O–H groups in total. The summed E-state index contributed by atoms with van der Waals surface area (Å²) in [5.41, 5.74) is 5.41. The lowest BCUT2D eigenvalue weighted by Crippen LogP contribution is -2.37. The van der Waals surface area contributed by atoms with E-state index in [1.54, 1.807) is 0 Å². The molecule has 0 aliphatic carbocycles. The van der Waals surface area contributed by atoms with Gasteiger partial charge in [-0.1, -0.05) is 12.2 Å². The minimum absolute atomic E-state index is 0.00795. The quantitative estimate of drug-likeness (QED) is 0.712. The normalized spacial score (nSPS) is 22.4. The van der Waals surface area contributed by atoms with E-state index in [-0.39, 0.29) is 18.1 Å². The lowest BCUT2D eigenvalue weighted by Gasteiger charge is -2.22. The second kappa shape index (κ2) is 6.81. The van der Waals surface area contributed by atoms with Gasteiger partial charge in [0.1, 0.15) is 0 Å². The fourth-order valence-electron chi connectivity index (χ4n) is 1.86. The SMILES string of the molecule is CC(CC(N)=S)NC(=O)CC1CCCCO1. The van der Waals surface area contributed by atoms with Crippen LogP contribution in [0.15, 0.2) is 0 Å². The molecule has 92 valence electrons. The van der Waals surface area contributed by atoms with Gasteiger partial charge in [0.05, 0.1) is 17.5 Å². The van der Waals surface area contributed by atoms with Gasteiger partial charge in [0.15, 0.2) is 0 Å². The number of carbonyl (C=O) groups is 1. The van der Waals surface area contributed by atoms with Gasteiger partial charge in [0.2, 0.25) is 5.91 Å². The lowest BCUT2D eigenvalue weighted by molar-refractivity contribution is -0.125. The average Bonchev–Trinajstić information content (AvgIpc) is 2.17. The second-order valence-corrected chi connectivity index (χ2v) is 4.86. The molecule has 0 spiro atoms. The Labute approximate surface area is 102 Å². The maximum absolute atomic E-state index is 11.6. The molecule has 0 aromatic rings. The summed E-state index contributed by atoms with van der Waals surface area (Å²) < 4.78 is 5.50. The van der Waals surface area contributed by atoms with Gasteiger partial charge in [0.25, 0.3) is 0 Å². The van der Waals surface area contributed by atoms with Crippen LogP contribution in [0.5, 0.6) is 0 Å². The van der Waals surface area contributed by atoms with Crippen molar-refractivity contribution in [2.75, 3.05) is 6.61 Å². The lowest BCUT2D eigenvalue weighted by atomic mass is 10.1. The topological polar surface area (TPSA) is 64.3 Å². The van der Waals surface area contributed by atoms with Crippen LogP contribution in [0.25, 0.3) is 0 Å². The Morgan fingerprint density at radius 2 is 2.38 bits per heavy atom. The van der Waals surface area contributed by atoms with Crippen LogP contribution in [-0.4, -0.2) is 29.6 Å². The van der Waals surface area contributed by atoms with Gasteiger partial charge >= 0.3 is 0 Å². The van der Waals surface area contributed by atoms with Crippen molar-refractivity contribution in [3.8, 4) is 0 Å². The molecule has 16 heavy (non-hydrogen) atoms. The molecule has 5 heteroatoms. The van der Waals surface area contributed by atoms with Crippen LogP contribution in [0.3, 0.4) is 0 Å². The third-order valence-corrected chi connectivity index (χ3v) is 2.77. The first-order valence-corrected chi connectivity index (χ1v) is 6.18. The molecule has 1 aliphatic rings. The molecular weight excluding hydrogens is 224 g/mol. The molecule has 0 aromatic carbocycles. The highest BCUT2D eigenvalue weighted by Gasteiger charge is 2.18. The van der Waals surface area contributed by atoms with E-state index in [4.69, 9.17) is 22.7 Å². The van der Waals surface area contributed by atoms with Crippen LogP contribution in [0, 0.1) is 0 Å². The molecule has 1 aliphatic heterocycles. The maximum atomic E-state index is 11.6. The van der Waals surface area contributed by atoms with Crippen molar-refractivity contribution in [2.45, 2.75) is 51.2 Å². The van der Waals surface area contributed by atoms with E-state index < -0.39 is 0 Å². The van der Waals surface area contributed by atoms with Crippen LogP contribution in [0.4, 0.5) is 0 Å². The first-order chi connectivity index (χ1) is 7.58. The third-order valence-electron chi connectivity index (χ3n) is 2.60. The number of carbonyl (C=O) groups excluding carboxylic acids is 1. The van der Waals surface area contributed by atoms with E-state index in [2.05, 4.69) is 5.32 Å². The highest BCUT2D eigenvalue weighted by atomic mass is 32.1. The van der Waals surface area contributed by atoms with Gasteiger partial charge in [-0.3, -0.25) is 4.79 Å². The smallest absolute Gasteiger partial charge is 0.222 e. The van der Waals surface area contributed by atoms with Crippen LogP contribution in [0.2, 0.25) is 0 Å². The molecule has 0 saturated carbocycles. The number of thiocarbonyl (C=S) groups is 1. The van der Waals surface area contributed by atoms with Crippen molar-refractivity contribution in [1.82, 2.24) is 5.32 Å². The first kappa shape index (κ1) is 13.4. The number of amides is 1. The van der Waals surface area contributed by atoms with Crippen molar-refractivity contribution < 1.29 is 9.53 Å². The molecular formula is C11H20N2O2S. The molecule has 1 fully saturated rings. The fourth-order valence-corrected chi connectivity index (χ4v) is 2.11. The monoisotopic (exact) mass is 244 g/mol. The zero-order chi connectivity index (χ0) is 12.0. The Morgan fingerprint density at radius 3 is 2.94 bits per heavy atom. The van der Waals surface area contributed by atoms with E-state index in [1.807, 2.05) is 6.92 Å². The van der Waals surface area contributed by atoms with E-state index >= 15 is 0 Å². The molecule has 4 nitrogen and oxygen atoms in total. The Kier molecular flexibility index (Phi) is 5.69. The summed E-state index contributed by atoms with van der Waals surface area (Å²) in [6, 6.07) is 0.00795. The van der Waals surface area contributed by atoms with Crippen LogP contribution in [0.1, 0.15) is 39.0 Å². The van der Waals surface area contributed by atoms with Crippen molar-refractivity contribution in [3.63, 3.8) is 0 Å². The van der Waals surface area contributed by atoms with Gasteiger partial charge in [-0.05, 0) is 26.2 Å². The van der Waals surface area contributed by atoms with Gasteiger partial charge in [-0.15, -0.1) is 0 Å². The van der Waals surface area contributed by atoms with E-state index in [0.29, 0.717) is 17.8 Å². The molecule has 1 saturated heterocycles. The molecule has 2 atom stereocenters. The van der Waals surface area contributed by atoms with Crippen molar-refractivity contribution >= 4 is 23.1 Å². The Balaban J connectivity index is 2.21. The number of ether oxygens (including phenoxy) is 1. The van der Waals surface area contributed by atoms with E-state index in [9.17, 15) is 4.79 Å². The Morgan fingerprint density at radius 1 is 1.62 bits per heavy atom. The zero-order valence-electron chi connectivity index (χ0n) is 9.70. The predicted octanol–water partition coefficient (Wildman–Crippen LogP) is 1.13. The zero-order valence-corrected chi connectivity index (χ0v) is 10.5. The molecule has 1 rings (SSSR count). The maximum Gasteiger partial charge on any atom is 0.222 e. The number of hydrogen-bond acceptors (Lipinski definition) is 3. The molecule has 0 bridgehead atoms. The van der Waals surface area contributed by atoms with Crippen LogP contribution >= 0.6 is 12.2 Å². The largest absolute Gasteiger partial charge is 0.393 e. The van der Waals surface area contributed by atoms with Crippen LogP contribution < -0.4 is 11.1 Å². The minimum atomic E-state index is 0.00795. The van der Waals surface area contributed by atoms with Crippen molar-refractivity contribution in [1.29, 1.82) is 0 Å². The number of hydrogen-bond donors (Lipinski definition) is 2. The highest BCUT2D eigenvalue weighted by Crippen LogP contribution is 2.15. The highest BCUT2D eigenvalue weighted by molar-refractivity contribution is 7.80. The predicted molar refractivity (Wildman–Crippen MR) is 67.2 cm³/mol. The summed E-state index contributed by atoms with van der Waals surface area (Å²) in [6.45, 7) is 2.68. The second-order valence-electron chi connectivity index (χ2n) is 4.33. The fraction of sp³-hybridized carbons (Fsp3) is 0.818. The molecule has 0 radical (unpaired) electrons. The van der Waals surface area contributed by atoms with E-state index in [0.717, 1.165) is 25.9 Å². The third kappa shape index (κ3) is 5.42. The summed E-state index contributed by atoms with van der Waals surface area (Å²) >= 11 is 4.79. The Bertz CT molecular complexity index is 252. The van der Waals surface area contributed by atoms with Crippen LogP contribution in [-0.2, 0) is 9.53 Å². The van der Waals surface area contributed by atoms with Gasteiger partial charge in [-0.2, -0.15) is 0 Å². The van der Waals surface area contributed by atoms with Gasteiger partial charge < -0.3 is 15.8 Å². The summed E-state index contributed by atoms with van der Waals surface area (Å²) in [4.78, 5) is 12.1. The number of nitrogens with two attached hydrogens (primary N) is 1. The Hall–Kier alpha value is -0.680. The first-order valence-electron chi connectivity index (χ1n) is 5.77. The number of rotatable bonds is 5. The van der Waals surface area contributed by atoms with Gasteiger partial charge in [-0.25, -0.2) is 0 Å². The summed E-state index contributed by atoms with van der Waals surface area (Å²) in [6.07, 6.45) is 4.33. The van der Waals surface area contributed by atoms with Crippen molar-refractivity contribution in [2.24, 2.45) is 5.73 Å². The number of nitrogens with one attached hydrogen (secondary N) is 1. The molecule has 1 heterocycles. The molecule has 0 aromatic heterocycles. The van der Waals surface area contributed by atoms with Gasteiger partial charge in [0, 0.05) is 19.1 Å². The summed E-state index contributed by atoms with van der Waals surface area (Å²) in [5.74, 6) is 0.0238. The minimum Gasteiger partial charge on any atom is -0.393 e. The van der Waals surface area contributed by atoms with Crippen molar-refractivity contribution in [3.05, 3.63) is 0 Å². The van der Waals surface area contributed by atoms with E-state index in [1.165, 1.54) is 0 Å². The summed E-state index contributed by atoms with van der Waals surface area (Å²) in [7, 11) is 0.